The van der Waals surface area contributed by atoms with Gasteiger partial charge in [-0.25, -0.2) is 0 Å². The van der Waals surface area contributed by atoms with Crippen LogP contribution < -0.4 is 4.74 Å². The normalized spacial score (nSPS) is 10.6. The third-order valence-corrected chi connectivity index (χ3v) is 3.08. The van der Waals surface area contributed by atoms with Crippen LogP contribution in [0.25, 0.3) is 0 Å². The Morgan fingerprint density at radius 2 is 1.91 bits per heavy atom. The van der Waals surface area contributed by atoms with E-state index in [9.17, 15) is 19.7 Å². The molecule has 1 aromatic carbocycles. The molecule has 0 aliphatic heterocycles. The molecule has 0 aromatic heterocycles. The molecule has 1 aromatic rings. The van der Waals surface area contributed by atoms with E-state index in [4.69, 9.17) is 4.74 Å². The number of non-ortho nitro benzene ring substituents is 1. The van der Waals surface area contributed by atoms with E-state index in [2.05, 4.69) is 0 Å². The van der Waals surface area contributed by atoms with Crippen LogP contribution in [0.3, 0.4) is 0 Å². The fourth-order valence-electron chi connectivity index (χ4n) is 2.26. The van der Waals surface area contributed by atoms with E-state index in [1.165, 1.54) is 12.1 Å². The predicted molar refractivity (Wildman–Crippen MR) is 81.1 cm³/mol. The third-order valence-electron chi connectivity index (χ3n) is 3.08. The van der Waals surface area contributed by atoms with Gasteiger partial charge in [0, 0.05) is 24.2 Å². The molecule has 7 heteroatoms. The number of benzene rings is 1. The Morgan fingerprint density at radius 1 is 1.32 bits per heavy atom. The molecular formula is C15H20N2O5. The number of rotatable bonds is 7. The maximum Gasteiger partial charge on any atom is 0.270 e. The summed E-state index contributed by atoms with van der Waals surface area (Å²) in [5, 5.41) is 10.7. The highest BCUT2D eigenvalue weighted by molar-refractivity contribution is 5.82. The van der Waals surface area contributed by atoms with Crippen molar-refractivity contribution in [1.29, 1.82) is 0 Å². The van der Waals surface area contributed by atoms with Gasteiger partial charge in [-0.05, 0) is 33.8 Å². The molecule has 0 aliphatic rings. The van der Waals surface area contributed by atoms with E-state index in [1.807, 2.05) is 27.7 Å². The zero-order valence-corrected chi connectivity index (χ0v) is 13.1. The van der Waals surface area contributed by atoms with Crippen LogP contribution in [0.5, 0.6) is 5.75 Å². The number of carbonyl (C=O) groups is 2. The number of nitrogens with zero attached hydrogens (tertiary/aromatic N) is 2. The standard InChI is InChI=1S/C15H20N2O5/c1-10(2)16(11(3)4)15(19)9-22-14-6-5-13(17(20)21)7-12(14)8-18/h5-8,10-11H,9H2,1-4H3. The number of aldehydes is 1. The minimum absolute atomic E-state index is 0.0264. The lowest BCUT2D eigenvalue weighted by Gasteiger charge is -2.30. The number of nitro benzene ring substituents is 1. The maximum atomic E-state index is 12.2. The van der Waals surface area contributed by atoms with Crippen molar-refractivity contribution in [2.24, 2.45) is 0 Å². The molecule has 22 heavy (non-hydrogen) atoms. The van der Waals surface area contributed by atoms with Gasteiger partial charge in [0.15, 0.2) is 12.9 Å². The zero-order valence-electron chi connectivity index (χ0n) is 13.1. The summed E-state index contributed by atoms with van der Waals surface area (Å²) in [5.74, 6) is -0.0541. The lowest BCUT2D eigenvalue weighted by atomic mass is 10.2. The highest BCUT2D eigenvalue weighted by Gasteiger charge is 2.21. The summed E-state index contributed by atoms with van der Waals surface area (Å²) < 4.78 is 5.36. The van der Waals surface area contributed by atoms with Gasteiger partial charge in [0.05, 0.1) is 10.5 Å². The van der Waals surface area contributed by atoms with Crippen molar-refractivity contribution in [2.45, 2.75) is 39.8 Å². The monoisotopic (exact) mass is 308 g/mol. The fraction of sp³-hybridized carbons (Fsp3) is 0.467. The second-order valence-corrected chi connectivity index (χ2v) is 5.37. The Balaban J connectivity index is 2.85. The minimum Gasteiger partial charge on any atom is -0.483 e. The molecule has 0 fully saturated rings. The number of hydrogen-bond acceptors (Lipinski definition) is 5. The van der Waals surface area contributed by atoms with E-state index in [1.54, 1.807) is 4.90 Å². The highest BCUT2D eigenvalue weighted by Crippen LogP contribution is 2.23. The summed E-state index contributed by atoms with van der Waals surface area (Å²) in [6, 6.07) is 3.73. The van der Waals surface area contributed by atoms with Gasteiger partial charge in [-0.1, -0.05) is 0 Å². The number of carbonyl (C=O) groups excluding carboxylic acids is 2. The Bertz CT molecular complexity index is 561. The molecule has 0 saturated heterocycles. The Hall–Kier alpha value is -2.44. The van der Waals surface area contributed by atoms with Gasteiger partial charge < -0.3 is 9.64 Å². The predicted octanol–water partition coefficient (Wildman–Crippen LogP) is 2.43. The molecule has 0 bridgehead atoms. The first-order valence-electron chi connectivity index (χ1n) is 6.95. The first-order valence-corrected chi connectivity index (χ1v) is 6.95. The van der Waals surface area contributed by atoms with Gasteiger partial charge in [0.1, 0.15) is 5.75 Å². The van der Waals surface area contributed by atoms with Crippen molar-refractivity contribution < 1.29 is 19.2 Å². The van der Waals surface area contributed by atoms with Gasteiger partial charge in [-0.15, -0.1) is 0 Å². The molecule has 0 N–H and O–H groups in total. The van der Waals surface area contributed by atoms with Crippen LogP contribution in [-0.2, 0) is 4.79 Å². The maximum absolute atomic E-state index is 12.2. The first-order chi connectivity index (χ1) is 10.3. The molecule has 1 amide bonds. The summed E-state index contributed by atoms with van der Waals surface area (Å²) >= 11 is 0. The first kappa shape index (κ1) is 17.6. The van der Waals surface area contributed by atoms with Crippen LogP contribution in [0.15, 0.2) is 18.2 Å². The molecule has 0 saturated carbocycles. The van der Waals surface area contributed by atoms with Crippen molar-refractivity contribution in [3.05, 3.63) is 33.9 Å². The van der Waals surface area contributed by atoms with E-state index in [0.29, 0.717) is 6.29 Å². The smallest absolute Gasteiger partial charge is 0.270 e. The quantitative estimate of drug-likeness (QED) is 0.438. The molecular weight excluding hydrogens is 288 g/mol. The number of hydrogen-bond donors (Lipinski definition) is 0. The Kier molecular flexibility index (Phi) is 6.03. The van der Waals surface area contributed by atoms with E-state index >= 15 is 0 Å². The van der Waals surface area contributed by atoms with Gasteiger partial charge in [0.25, 0.3) is 11.6 Å². The van der Waals surface area contributed by atoms with Gasteiger partial charge in [-0.3, -0.25) is 19.7 Å². The lowest BCUT2D eigenvalue weighted by Crippen LogP contribution is -2.44. The van der Waals surface area contributed by atoms with Gasteiger partial charge in [0.2, 0.25) is 0 Å². The molecule has 7 nitrogen and oxygen atoms in total. The summed E-state index contributed by atoms with van der Waals surface area (Å²) in [6.07, 6.45) is 0.468. The molecule has 0 atom stereocenters. The summed E-state index contributed by atoms with van der Waals surface area (Å²) in [6.45, 7) is 7.39. The third kappa shape index (κ3) is 4.28. The fourth-order valence-corrected chi connectivity index (χ4v) is 2.26. The van der Waals surface area contributed by atoms with Crippen molar-refractivity contribution >= 4 is 17.9 Å². The molecule has 0 radical (unpaired) electrons. The van der Waals surface area contributed by atoms with E-state index in [-0.39, 0.29) is 41.6 Å². The van der Waals surface area contributed by atoms with Crippen LogP contribution >= 0.6 is 0 Å². The Morgan fingerprint density at radius 3 is 2.36 bits per heavy atom. The molecule has 0 unspecified atom stereocenters. The molecule has 0 aliphatic carbocycles. The van der Waals surface area contributed by atoms with Crippen molar-refractivity contribution in [3.63, 3.8) is 0 Å². The molecule has 120 valence electrons. The average molecular weight is 308 g/mol. The van der Waals surface area contributed by atoms with E-state index < -0.39 is 4.92 Å². The largest absolute Gasteiger partial charge is 0.483 e. The summed E-state index contributed by atoms with van der Waals surface area (Å²) in [7, 11) is 0. The summed E-state index contributed by atoms with van der Waals surface area (Å²) in [5.41, 5.74) is -0.158. The number of amides is 1. The minimum atomic E-state index is -0.596. The van der Waals surface area contributed by atoms with Crippen LogP contribution in [0.1, 0.15) is 38.1 Å². The zero-order chi connectivity index (χ0) is 16.9. The number of ether oxygens (including phenoxy) is 1. The molecule has 0 heterocycles. The molecule has 0 spiro atoms. The van der Waals surface area contributed by atoms with Crippen LogP contribution in [-0.4, -0.2) is 40.7 Å². The topological polar surface area (TPSA) is 89.8 Å². The van der Waals surface area contributed by atoms with Crippen molar-refractivity contribution in [2.75, 3.05) is 6.61 Å². The summed E-state index contributed by atoms with van der Waals surface area (Å²) in [4.78, 5) is 34.9. The van der Waals surface area contributed by atoms with E-state index in [0.717, 1.165) is 6.07 Å². The van der Waals surface area contributed by atoms with Gasteiger partial charge in [-0.2, -0.15) is 0 Å². The second kappa shape index (κ2) is 7.53. The molecule has 1 rings (SSSR count). The average Bonchev–Trinajstić information content (AvgIpc) is 2.43. The number of nitro groups is 1. The van der Waals surface area contributed by atoms with Crippen molar-refractivity contribution in [1.82, 2.24) is 4.90 Å². The van der Waals surface area contributed by atoms with Crippen LogP contribution in [0.2, 0.25) is 0 Å². The van der Waals surface area contributed by atoms with Crippen LogP contribution in [0, 0.1) is 10.1 Å². The lowest BCUT2D eigenvalue weighted by molar-refractivity contribution is -0.384. The van der Waals surface area contributed by atoms with Gasteiger partial charge >= 0.3 is 0 Å². The Labute approximate surface area is 129 Å². The van der Waals surface area contributed by atoms with Crippen molar-refractivity contribution in [3.8, 4) is 5.75 Å². The van der Waals surface area contributed by atoms with Crippen LogP contribution in [0.4, 0.5) is 5.69 Å². The SMILES string of the molecule is CC(C)N(C(=O)COc1ccc([N+](=O)[O-])cc1C=O)C(C)C. The highest BCUT2D eigenvalue weighted by atomic mass is 16.6. The second-order valence-electron chi connectivity index (χ2n) is 5.37.